The van der Waals surface area contributed by atoms with Gasteiger partial charge in [0.15, 0.2) is 0 Å². The number of nitrogens with one attached hydrogen (secondary N) is 2. The second-order valence-electron chi connectivity index (χ2n) is 12.6. The average Bonchev–Trinajstić information content (AvgIpc) is 3.45. The summed E-state index contributed by atoms with van der Waals surface area (Å²) in [5.41, 5.74) is 3.22. The summed E-state index contributed by atoms with van der Waals surface area (Å²) in [5, 5.41) is 16.1. The number of nitrogens with zero attached hydrogens (tertiary/aromatic N) is 2. The van der Waals surface area contributed by atoms with Crippen molar-refractivity contribution in [3.63, 3.8) is 0 Å². The van der Waals surface area contributed by atoms with E-state index in [4.69, 9.17) is 4.74 Å². The van der Waals surface area contributed by atoms with Crippen LogP contribution in [0, 0.1) is 12.3 Å². The maximum atomic E-state index is 13.7. The number of hydrogen-bond acceptors (Lipinski definition) is 8. The highest BCUT2D eigenvalue weighted by Gasteiger charge is 2.44. The number of thiazole rings is 1. The Bertz CT molecular complexity index is 1260. The number of aryl methyl sites for hydroxylation is 1. The van der Waals surface area contributed by atoms with E-state index in [1.807, 2.05) is 38.1 Å². The van der Waals surface area contributed by atoms with Crippen LogP contribution in [0.15, 0.2) is 29.8 Å². The maximum absolute atomic E-state index is 13.7. The lowest BCUT2D eigenvalue weighted by Crippen LogP contribution is -2.58. The van der Waals surface area contributed by atoms with Gasteiger partial charge in [-0.25, -0.2) is 4.98 Å². The van der Waals surface area contributed by atoms with Crippen molar-refractivity contribution in [3.05, 3.63) is 41.0 Å². The van der Waals surface area contributed by atoms with Crippen molar-refractivity contribution in [1.82, 2.24) is 20.5 Å². The third-order valence-corrected chi connectivity index (χ3v) is 7.76. The first-order valence-electron chi connectivity index (χ1n) is 13.8. The predicted octanol–water partition coefficient (Wildman–Crippen LogP) is 3.52. The fourth-order valence-electron chi connectivity index (χ4n) is 4.74. The minimum Gasteiger partial charge on any atom is -0.460 e. The highest BCUT2D eigenvalue weighted by atomic mass is 32.1. The van der Waals surface area contributed by atoms with Crippen LogP contribution in [0.3, 0.4) is 0 Å². The molecule has 0 saturated carbocycles. The number of carbonyl (C=O) groups is 4. The van der Waals surface area contributed by atoms with Gasteiger partial charge in [0.25, 0.3) is 0 Å². The molecule has 3 N–H and O–H groups in total. The van der Waals surface area contributed by atoms with Gasteiger partial charge in [0.1, 0.15) is 24.1 Å². The van der Waals surface area contributed by atoms with Crippen molar-refractivity contribution in [2.45, 2.75) is 98.1 Å². The van der Waals surface area contributed by atoms with Crippen LogP contribution in [0.25, 0.3) is 10.4 Å². The number of amides is 3. The molecule has 1 aliphatic rings. The van der Waals surface area contributed by atoms with E-state index in [-0.39, 0.29) is 19.0 Å². The number of rotatable bonds is 8. The van der Waals surface area contributed by atoms with Crippen LogP contribution in [-0.2, 0) is 23.9 Å². The SMILES string of the molecule is Cc1ncsc1-c1ccc([C@H](C)NC(=O)[C@@H]2C[C@@H](O)CN2C(=O)[C@@H](NC(=O)CC(=O)OC(C)(C)C)C(C)(C)C)cc1. The zero-order chi connectivity index (χ0) is 30.7. The average molecular weight is 587 g/mol. The highest BCUT2D eigenvalue weighted by molar-refractivity contribution is 7.13. The first kappa shape index (κ1) is 32.2. The van der Waals surface area contributed by atoms with E-state index in [1.165, 1.54) is 4.90 Å². The van der Waals surface area contributed by atoms with Gasteiger partial charge < -0.3 is 25.4 Å². The molecule has 0 aliphatic carbocycles. The lowest BCUT2D eigenvalue weighted by atomic mass is 9.85. The van der Waals surface area contributed by atoms with Crippen LogP contribution >= 0.6 is 11.3 Å². The van der Waals surface area contributed by atoms with Gasteiger partial charge >= 0.3 is 5.97 Å². The standard InChI is InChI=1S/C30H42N4O6S/c1-17(19-9-11-20(12-10-19)25-18(2)31-16-41-25)32-27(38)22-13-21(35)15-34(22)28(39)26(29(3,4)5)33-23(36)14-24(37)40-30(6,7)8/h9-12,16-17,21-22,26,35H,13-15H2,1-8H3,(H,32,38)(H,33,36)/t17-,21+,22-,26+/m0/s1. The number of ether oxygens (including phenoxy) is 1. The van der Waals surface area contributed by atoms with Gasteiger partial charge in [-0.05, 0) is 51.2 Å². The second-order valence-corrected chi connectivity index (χ2v) is 13.5. The van der Waals surface area contributed by atoms with Gasteiger partial charge in [0.05, 0.1) is 28.2 Å². The number of carbonyl (C=O) groups excluding carboxylic acids is 4. The first-order valence-corrected chi connectivity index (χ1v) is 14.6. The van der Waals surface area contributed by atoms with Crippen LogP contribution in [-0.4, -0.2) is 69.0 Å². The van der Waals surface area contributed by atoms with Gasteiger partial charge in [-0.3, -0.25) is 19.2 Å². The molecular weight excluding hydrogens is 544 g/mol. The summed E-state index contributed by atoms with van der Waals surface area (Å²) >= 11 is 1.57. The molecular formula is C30H42N4O6S. The Morgan fingerprint density at radius 3 is 2.27 bits per heavy atom. The topological polar surface area (TPSA) is 138 Å². The maximum Gasteiger partial charge on any atom is 0.315 e. The minimum atomic E-state index is -1.03. The van der Waals surface area contributed by atoms with Gasteiger partial charge in [-0.1, -0.05) is 45.0 Å². The highest BCUT2D eigenvalue weighted by Crippen LogP contribution is 2.29. The van der Waals surface area contributed by atoms with Crippen LogP contribution < -0.4 is 10.6 Å². The molecule has 0 bridgehead atoms. The third-order valence-electron chi connectivity index (χ3n) is 6.79. The first-order chi connectivity index (χ1) is 19.0. The summed E-state index contributed by atoms with van der Waals surface area (Å²) in [7, 11) is 0. The van der Waals surface area contributed by atoms with Crippen molar-refractivity contribution in [3.8, 4) is 10.4 Å². The Balaban J connectivity index is 1.70. The fraction of sp³-hybridized carbons (Fsp3) is 0.567. The van der Waals surface area contributed by atoms with Gasteiger partial charge in [0, 0.05) is 13.0 Å². The molecule has 0 unspecified atom stereocenters. The van der Waals surface area contributed by atoms with Crippen molar-refractivity contribution in [2.75, 3.05) is 6.54 Å². The third kappa shape index (κ3) is 8.59. The number of β-amino-alcohol motifs (C(OH)–C–C–N with tert-alkyl or cyclic N) is 1. The molecule has 0 spiro atoms. The molecule has 2 heterocycles. The quantitative estimate of drug-likeness (QED) is 0.318. The fourth-order valence-corrected chi connectivity index (χ4v) is 5.55. The van der Waals surface area contributed by atoms with Crippen molar-refractivity contribution < 1.29 is 29.0 Å². The van der Waals surface area contributed by atoms with Crippen LogP contribution in [0.2, 0.25) is 0 Å². The Morgan fingerprint density at radius 1 is 1.10 bits per heavy atom. The molecule has 1 fully saturated rings. The summed E-state index contributed by atoms with van der Waals surface area (Å²) in [5.74, 6) is -2.24. The van der Waals surface area contributed by atoms with Crippen molar-refractivity contribution in [2.24, 2.45) is 5.41 Å². The number of aliphatic hydroxyl groups is 1. The van der Waals surface area contributed by atoms with E-state index in [2.05, 4.69) is 15.6 Å². The molecule has 1 aromatic carbocycles. The van der Waals surface area contributed by atoms with Crippen LogP contribution in [0.5, 0.6) is 0 Å². The van der Waals surface area contributed by atoms with Crippen molar-refractivity contribution in [1.29, 1.82) is 0 Å². The summed E-state index contributed by atoms with van der Waals surface area (Å²) in [6.07, 6.45) is -1.34. The van der Waals surface area contributed by atoms with E-state index in [9.17, 15) is 24.3 Å². The molecule has 3 amide bonds. The summed E-state index contributed by atoms with van der Waals surface area (Å²) < 4.78 is 5.22. The van der Waals surface area contributed by atoms with E-state index >= 15 is 0 Å². The Kier molecular flexibility index (Phi) is 9.97. The molecule has 10 nitrogen and oxygen atoms in total. The lowest BCUT2D eigenvalue weighted by Gasteiger charge is -2.35. The number of aromatic nitrogens is 1. The largest absolute Gasteiger partial charge is 0.460 e. The number of benzene rings is 1. The Morgan fingerprint density at radius 2 is 1.73 bits per heavy atom. The molecule has 0 radical (unpaired) electrons. The van der Waals surface area contributed by atoms with E-state index in [0.717, 1.165) is 21.7 Å². The van der Waals surface area contributed by atoms with Gasteiger partial charge in [-0.15, -0.1) is 11.3 Å². The number of hydrogen-bond donors (Lipinski definition) is 3. The van der Waals surface area contributed by atoms with Crippen molar-refractivity contribution >= 4 is 35.0 Å². The van der Waals surface area contributed by atoms with E-state index in [1.54, 1.807) is 58.4 Å². The molecule has 2 aromatic rings. The smallest absolute Gasteiger partial charge is 0.315 e. The van der Waals surface area contributed by atoms with Gasteiger partial charge in [0.2, 0.25) is 17.7 Å². The lowest BCUT2D eigenvalue weighted by molar-refractivity contribution is -0.157. The molecule has 1 aromatic heterocycles. The molecule has 3 rings (SSSR count). The summed E-state index contributed by atoms with van der Waals surface area (Å²) in [6, 6.07) is 5.58. The molecule has 41 heavy (non-hydrogen) atoms. The van der Waals surface area contributed by atoms with E-state index < -0.39 is 59.3 Å². The number of esters is 1. The summed E-state index contributed by atoms with van der Waals surface area (Å²) in [4.78, 5) is 58.7. The Labute approximate surface area is 245 Å². The molecule has 4 atom stereocenters. The second kappa shape index (κ2) is 12.7. The molecule has 1 saturated heterocycles. The van der Waals surface area contributed by atoms with Crippen LogP contribution in [0.4, 0.5) is 0 Å². The molecule has 224 valence electrons. The zero-order valence-corrected chi connectivity index (χ0v) is 25.9. The zero-order valence-electron chi connectivity index (χ0n) is 25.1. The Hall–Kier alpha value is -3.31. The monoisotopic (exact) mass is 586 g/mol. The molecule has 11 heteroatoms. The molecule has 1 aliphatic heterocycles. The van der Waals surface area contributed by atoms with Crippen LogP contribution in [0.1, 0.15) is 78.6 Å². The number of likely N-dealkylation sites (tertiary alicyclic amines) is 1. The normalized spacial score (nSPS) is 18.9. The van der Waals surface area contributed by atoms with Gasteiger partial charge in [-0.2, -0.15) is 0 Å². The summed E-state index contributed by atoms with van der Waals surface area (Å²) in [6.45, 7) is 14.2. The van der Waals surface area contributed by atoms with E-state index in [0.29, 0.717) is 0 Å². The predicted molar refractivity (Wildman–Crippen MR) is 157 cm³/mol. The minimum absolute atomic E-state index is 0.0390. The number of aliphatic hydroxyl groups excluding tert-OH is 1.